The van der Waals surface area contributed by atoms with Gasteiger partial charge in [0.2, 0.25) is 0 Å². The molecular weight excluding hydrogens is 502 g/mol. The second-order valence-electron chi connectivity index (χ2n) is 9.73. The van der Waals surface area contributed by atoms with E-state index in [1.165, 1.54) is 17.8 Å². The highest BCUT2D eigenvalue weighted by molar-refractivity contribution is 7.07. The molecule has 0 aliphatic carbocycles. The number of nitrogens with zero attached hydrogens (tertiary/aromatic N) is 3. The van der Waals surface area contributed by atoms with Gasteiger partial charge in [0.25, 0.3) is 5.56 Å². The van der Waals surface area contributed by atoms with Crippen LogP contribution in [0.4, 0.5) is 5.88 Å². The summed E-state index contributed by atoms with van der Waals surface area (Å²) in [5.41, 5.74) is 1.31. The zero-order chi connectivity index (χ0) is 26.8. The van der Waals surface area contributed by atoms with E-state index in [1.807, 2.05) is 50.2 Å². The van der Waals surface area contributed by atoms with E-state index in [1.54, 1.807) is 24.5 Å². The molecule has 8 nitrogen and oxygen atoms in total. The van der Waals surface area contributed by atoms with Crippen molar-refractivity contribution < 1.29 is 18.7 Å². The Bertz CT molecular complexity index is 1540. The van der Waals surface area contributed by atoms with Crippen molar-refractivity contribution in [2.24, 2.45) is 4.99 Å². The van der Waals surface area contributed by atoms with Gasteiger partial charge < -0.3 is 18.8 Å². The van der Waals surface area contributed by atoms with Crippen LogP contribution in [0.1, 0.15) is 64.3 Å². The highest BCUT2D eigenvalue weighted by atomic mass is 32.1. The Morgan fingerprint density at radius 3 is 2.68 bits per heavy atom. The fourth-order valence-electron chi connectivity index (χ4n) is 4.99. The fraction of sp³-hybridized carbons (Fsp3) is 0.414. The van der Waals surface area contributed by atoms with E-state index in [2.05, 4.69) is 9.89 Å². The number of hydrogen-bond donors (Lipinski definition) is 0. The van der Waals surface area contributed by atoms with Gasteiger partial charge in [0.05, 0.1) is 28.5 Å². The van der Waals surface area contributed by atoms with Gasteiger partial charge in [-0.2, -0.15) is 0 Å². The fourth-order valence-corrected chi connectivity index (χ4v) is 6.01. The van der Waals surface area contributed by atoms with Gasteiger partial charge in [0.15, 0.2) is 10.7 Å². The summed E-state index contributed by atoms with van der Waals surface area (Å²) in [6.07, 6.45) is 5.22. The number of carbonyl (C=O) groups excluding carboxylic acids is 1. The number of anilines is 1. The molecule has 1 fully saturated rings. The number of carbonyl (C=O) groups is 1. The van der Waals surface area contributed by atoms with E-state index in [9.17, 15) is 9.59 Å². The monoisotopic (exact) mass is 535 g/mol. The highest BCUT2D eigenvalue weighted by Gasteiger charge is 2.35. The molecule has 38 heavy (non-hydrogen) atoms. The van der Waals surface area contributed by atoms with Crippen molar-refractivity contribution in [2.75, 3.05) is 24.6 Å². The van der Waals surface area contributed by atoms with Crippen LogP contribution in [0.5, 0.6) is 5.75 Å². The van der Waals surface area contributed by atoms with E-state index < -0.39 is 12.0 Å². The van der Waals surface area contributed by atoms with Gasteiger partial charge in [-0.15, -0.1) is 0 Å². The normalized spacial score (nSPS) is 18.0. The molecule has 2 aliphatic heterocycles. The van der Waals surface area contributed by atoms with Crippen LogP contribution in [-0.2, 0) is 9.53 Å². The zero-order valence-electron chi connectivity index (χ0n) is 22.2. The van der Waals surface area contributed by atoms with Crippen LogP contribution in [0, 0.1) is 0 Å². The molecule has 5 rings (SSSR count). The van der Waals surface area contributed by atoms with Crippen LogP contribution in [0.3, 0.4) is 0 Å². The van der Waals surface area contributed by atoms with Crippen molar-refractivity contribution in [3.8, 4) is 5.75 Å². The lowest BCUT2D eigenvalue weighted by atomic mass is 9.95. The average molecular weight is 536 g/mol. The van der Waals surface area contributed by atoms with Crippen LogP contribution in [0.15, 0.2) is 61.9 Å². The van der Waals surface area contributed by atoms with Crippen LogP contribution in [0.25, 0.3) is 6.08 Å². The number of benzene rings is 1. The first kappa shape index (κ1) is 26.0. The van der Waals surface area contributed by atoms with Gasteiger partial charge in [-0.1, -0.05) is 29.5 Å². The Kier molecular flexibility index (Phi) is 7.56. The van der Waals surface area contributed by atoms with Gasteiger partial charge in [0, 0.05) is 30.8 Å². The van der Waals surface area contributed by atoms with Crippen molar-refractivity contribution in [1.82, 2.24) is 4.57 Å². The molecular formula is C29H33N3O5S. The highest BCUT2D eigenvalue weighted by Crippen LogP contribution is 2.36. The molecule has 2 aromatic heterocycles. The largest absolute Gasteiger partial charge is 0.491 e. The molecule has 2 aliphatic rings. The van der Waals surface area contributed by atoms with E-state index in [0.717, 1.165) is 31.8 Å². The van der Waals surface area contributed by atoms with Crippen molar-refractivity contribution >= 4 is 29.3 Å². The van der Waals surface area contributed by atoms with E-state index in [-0.39, 0.29) is 18.3 Å². The van der Waals surface area contributed by atoms with Crippen LogP contribution in [-0.4, -0.2) is 36.3 Å². The molecule has 0 N–H and O–H groups in total. The number of thiazole rings is 1. The summed E-state index contributed by atoms with van der Waals surface area (Å²) in [5.74, 6) is 1.54. The minimum Gasteiger partial charge on any atom is -0.491 e. The third-order valence-electron chi connectivity index (χ3n) is 6.65. The average Bonchev–Trinajstić information content (AvgIpc) is 3.48. The van der Waals surface area contributed by atoms with Gasteiger partial charge in [-0.25, -0.2) is 9.79 Å². The van der Waals surface area contributed by atoms with Crippen molar-refractivity contribution in [3.63, 3.8) is 0 Å². The van der Waals surface area contributed by atoms with Crippen LogP contribution >= 0.6 is 11.3 Å². The quantitative estimate of drug-likeness (QED) is 0.422. The first-order valence-electron chi connectivity index (χ1n) is 13.2. The number of rotatable bonds is 7. The van der Waals surface area contributed by atoms with Crippen LogP contribution in [0.2, 0.25) is 0 Å². The lowest BCUT2D eigenvalue weighted by Gasteiger charge is -2.26. The Morgan fingerprint density at radius 1 is 1.18 bits per heavy atom. The van der Waals surface area contributed by atoms with E-state index in [4.69, 9.17) is 13.9 Å². The summed E-state index contributed by atoms with van der Waals surface area (Å²) in [7, 11) is 0. The summed E-state index contributed by atoms with van der Waals surface area (Å²) in [6, 6.07) is 10.6. The second kappa shape index (κ2) is 11.0. The minimum atomic E-state index is -0.733. The molecule has 9 heteroatoms. The van der Waals surface area contributed by atoms with Gasteiger partial charge in [0.1, 0.15) is 17.6 Å². The number of hydrogen-bond acceptors (Lipinski definition) is 8. The van der Waals surface area contributed by atoms with Crippen molar-refractivity contribution in [2.45, 2.75) is 59.1 Å². The molecule has 0 radical (unpaired) electrons. The Hall–Kier alpha value is -3.59. The maximum atomic E-state index is 13.9. The third kappa shape index (κ3) is 5.07. The minimum absolute atomic E-state index is 0.0869. The molecule has 4 heterocycles. The predicted molar refractivity (Wildman–Crippen MR) is 147 cm³/mol. The molecule has 1 atom stereocenters. The van der Waals surface area contributed by atoms with E-state index >= 15 is 0 Å². The number of aromatic nitrogens is 1. The number of furan rings is 1. The molecule has 0 bridgehead atoms. The predicted octanol–water partition coefficient (Wildman–Crippen LogP) is 4.17. The molecule has 200 valence electrons. The molecule has 1 aromatic carbocycles. The first-order chi connectivity index (χ1) is 18.4. The molecule has 1 unspecified atom stereocenters. The molecule has 0 spiro atoms. The number of piperidine rings is 1. The lowest BCUT2D eigenvalue weighted by Crippen LogP contribution is -2.40. The summed E-state index contributed by atoms with van der Waals surface area (Å²) in [4.78, 5) is 34.5. The van der Waals surface area contributed by atoms with Crippen molar-refractivity contribution in [3.05, 3.63) is 78.7 Å². The number of ether oxygens (including phenoxy) is 2. The van der Waals surface area contributed by atoms with Crippen molar-refractivity contribution in [1.29, 1.82) is 0 Å². The second-order valence-corrected chi connectivity index (χ2v) is 10.7. The zero-order valence-corrected chi connectivity index (χ0v) is 23.0. The first-order valence-corrected chi connectivity index (χ1v) is 14.0. The number of fused-ring (bicyclic) bond motifs is 1. The van der Waals surface area contributed by atoms with Gasteiger partial charge in [-0.05, 0) is 59.1 Å². The Morgan fingerprint density at radius 2 is 1.95 bits per heavy atom. The Balaban J connectivity index is 1.64. The molecule has 3 aromatic rings. The summed E-state index contributed by atoms with van der Waals surface area (Å²) in [6.45, 7) is 9.59. The number of allylic oxidation sites excluding steroid dienone is 1. The summed E-state index contributed by atoms with van der Waals surface area (Å²) in [5, 5.41) is 0. The molecule has 1 saturated heterocycles. The summed E-state index contributed by atoms with van der Waals surface area (Å²) >= 11 is 1.28. The lowest BCUT2D eigenvalue weighted by molar-refractivity contribution is -0.139. The summed E-state index contributed by atoms with van der Waals surface area (Å²) < 4.78 is 19.7. The smallest absolute Gasteiger partial charge is 0.338 e. The molecule has 0 saturated carbocycles. The van der Waals surface area contributed by atoms with Crippen LogP contribution < -0.4 is 24.5 Å². The maximum Gasteiger partial charge on any atom is 0.338 e. The van der Waals surface area contributed by atoms with Gasteiger partial charge >= 0.3 is 5.97 Å². The third-order valence-corrected chi connectivity index (χ3v) is 7.63. The Labute approximate surface area is 225 Å². The number of esters is 1. The molecule has 0 amide bonds. The topological polar surface area (TPSA) is 86.3 Å². The maximum absolute atomic E-state index is 13.9. The van der Waals surface area contributed by atoms with E-state index in [0.29, 0.717) is 37.7 Å². The SMILES string of the molecule is CCOC(=O)C1=C(C)N=c2s/c(=C\c3ccc(N4CCCCC4)o3)c(=O)n2C1c1ccccc1OC(C)C. The standard InChI is InChI=1S/C29H33N3O5S/c1-5-35-28(34)25-19(4)30-29-32(26(25)21-11-7-8-12-22(21)36-18(2)3)27(33)23(38-29)17-20-13-14-24(37-20)31-15-9-6-10-16-31/h7-8,11-14,17-18,26H,5-6,9-10,15-16H2,1-4H3/b23-17-. The van der Waals surface area contributed by atoms with Gasteiger partial charge in [-0.3, -0.25) is 9.36 Å². The number of para-hydroxylation sites is 1.